The molecule has 0 fully saturated rings. The lowest BCUT2D eigenvalue weighted by atomic mass is 10.1. The van der Waals surface area contributed by atoms with E-state index in [0.717, 1.165) is 21.7 Å². The molecule has 0 spiro atoms. The van der Waals surface area contributed by atoms with Gasteiger partial charge in [0.2, 0.25) is 5.88 Å². The topological polar surface area (TPSA) is 50.1 Å². The molecule has 0 aliphatic rings. The highest BCUT2D eigenvalue weighted by Gasteiger charge is 2.15. The van der Waals surface area contributed by atoms with E-state index in [2.05, 4.69) is 28.6 Å². The van der Waals surface area contributed by atoms with Gasteiger partial charge in [-0.05, 0) is 37.4 Å². The Morgan fingerprint density at radius 2 is 1.91 bits per heavy atom. The number of rotatable bonds is 4. The second kappa shape index (κ2) is 6.15. The number of aryl methyl sites for hydroxylation is 1. The first-order valence-electron chi connectivity index (χ1n) is 6.93. The Morgan fingerprint density at radius 3 is 2.64 bits per heavy atom. The molecule has 22 heavy (non-hydrogen) atoms. The summed E-state index contributed by atoms with van der Waals surface area (Å²) in [6.45, 7) is 2.05. The first-order valence-corrected chi connectivity index (χ1v) is 8.15. The van der Waals surface area contributed by atoms with Crippen molar-refractivity contribution in [2.24, 2.45) is 0 Å². The van der Waals surface area contributed by atoms with Crippen molar-refractivity contribution in [2.45, 2.75) is 11.8 Å². The molecule has 0 aliphatic carbocycles. The Labute approximate surface area is 133 Å². The summed E-state index contributed by atoms with van der Waals surface area (Å²) in [5, 5.41) is 10.1. The van der Waals surface area contributed by atoms with Crippen molar-refractivity contribution in [3.8, 4) is 17.3 Å². The van der Waals surface area contributed by atoms with E-state index in [1.807, 2.05) is 43.5 Å². The molecule has 4 nitrogen and oxygen atoms in total. The molecule has 0 atom stereocenters. The summed E-state index contributed by atoms with van der Waals surface area (Å²) in [6.07, 6.45) is 3.49. The second-order valence-corrected chi connectivity index (χ2v) is 5.81. The minimum Gasteiger partial charge on any atom is -0.492 e. The van der Waals surface area contributed by atoms with Gasteiger partial charge in [-0.15, -0.1) is 11.8 Å². The SMILES string of the molecule is CSc1ccc(C)cc1-c1ncc(O)n1Nc1ccccc1. The fourth-order valence-electron chi connectivity index (χ4n) is 2.28. The lowest BCUT2D eigenvalue weighted by Crippen LogP contribution is -2.10. The molecular weight excluding hydrogens is 294 g/mol. The predicted octanol–water partition coefficient (Wildman–Crippen LogP) is 4.16. The summed E-state index contributed by atoms with van der Waals surface area (Å²) in [7, 11) is 0. The van der Waals surface area contributed by atoms with Gasteiger partial charge in [-0.3, -0.25) is 5.43 Å². The highest BCUT2D eigenvalue weighted by atomic mass is 32.2. The third-order valence-electron chi connectivity index (χ3n) is 3.35. The van der Waals surface area contributed by atoms with Crippen LogP contribution < -0.4 is 5.43 Å². The van der Waals surface area contributed by atoms with Crippen molar-refractivity contribution < 1.29 is 5.11 Å². The molecule has 0 amide bonds. The molecule has 0 aliphatic heterocycles. The molecule has 2 N–H and O–H groups in total. The van der Waals surface area contributed by atoms with Crippen LogP contribution in [0, 0.1) is 6.92 Å². The van der Waals surface area contributed by atoms with Gasteiger partial charge in [0, 0.05) is 10.5 Å². The number of benzene rings is 2. The van der Waals surface area contributed by atoms with Gasteiger partial charge >= 0.3 is 0 Å². The number of anilines is 1. The van der Waals surface area contributed by atoms with Crippen molar-refractivity contribution in [3.63, 3.8) is 0 Å². The third kappa shape index (κ3) is 2.80. The van der Waals surface area contributed by atoms with E-state index in [-0.39, 0.29) is 5.88 Å². The van der Waals surface area contributed by atoms with E-state index in [0.29, 0.717) is 5.82 Å². The Kier molecular flexibility index (Phi) is 4.06. The number of thioether (sulfide) groups is 1. The average Bonchev–Trinajstić information content (AvgIpc) is 2.89. The summed E-state index contributed by atoms with van der Waals surface area (Å²) in [4.78, 5) is 5.49. The normalized spacial score (nSPS) is 10.6. The molecule has 2 aromatic carbocycles. The lowest BCUT2D eigenvalue weighted by molar-refractivity contribution is 0.437. The van der Waals surface area contributed by atoms with Crippen LogP contribution in [0.25, 0.3) is 11.4 Å². The van der Waals surface area contributed by atoms with Gasteiger partial charge in [-0.2, -0.15) is 0 Å². The molecule has 3 rings (SSSR count). The number of hydrogen-bond acceptors (Lipinski definition) is 4. The number of imidazole rings is 1. The van der Waals surface area contributed by atoms with Crippen LogP contribution >= 0.6 is 11.8 Å². The molecule has 0 radical (unpaired) electrons. The van der Waals surface area contributed by atoms with Crippen LogP contribution in [0.5, 0.6) is 5.88 Å². The number of nitrogens with zero attached hydrogens (tertiary/aromatic N) is 2. The zero-order valence-electron chi connectivity index (χ0n) is 12.4. The van der Waals surface area contributed by atoms with Crippen LogP contribution in [-0.4, -0.2) is 21.0 Å². The number of nitrogens with one attached hydrogen (secondary N) is 1. The van der Waals surface area contributed by atoms with Crippen molar-refractivity contribution in [1.29, 1.82) is 0 Å². The van der Waals surface area contributed by atoms with Crippen molar-refractivity contribution in [3.05, 3.63) is 60.3 Å². The number of hydrogen-bond donors (Lipinski definition) is 2. The van der Waals surface area contributed by atoms with Gasteiger partial charge in [-0.25, -0.2) is 9.66 Å². The summed E-state index contributed by atoms with van der Waals surface area (Å²) < 4.78 is 1.60. The maximum Gasteiger partial charge on any atom is 0.231 e. The first kappa shape index (κ1) is 14.5. The Morgan fingerprint density at radius 1 is 1.14 bits per heavy atom. The van der Waals surface area contributed by atoms with Crippen LogP contribution in [0.15, 0.2) is 59.6 Å². The van der Waals surface area contributed by atoms with Crippen LogP contribution in [0.4, 0.5) is 5.69 Å². The van der Waals surface area contributed by atoms with Crippen molar-refractivity contribution in [1.82, 2.24) is 9.66 Å². The molecule has 0 unspecified atom stereocenters. The predicted molar refractivity (Wildman–Crippen MR) is 91.3 cm³/mol. The molecule has 0 saturated heterocycles. The molecule has 1 aromatic heterocycles. The van der Waals surface area contributed by atoms with E-state index < -0.39 is 0 Å². The standard InChI is InChI=1S/C17H17N3OS/c1-12-8-9-15(22-2)14(10-12)17-18-11-16(21)20(17)19-13-6-4-3-5-7-13/h3-11,19,21H,1-2H3. The van der Waals surface area contributed by atoms with Crippen LogP contribution in [0.2, 0.25) is 0 Å². The first-order chi connectivity index (χ1) is 10.7. The maximum absolute atomic E-state index is 10.1. The minimum atomic E-state index is 0.0763. The van der Waals surface area contributed by atoms with Gasteiger partial charge in [0.15, 0.2) is 5.82 Å². The Hall–Kier alpha value is -2.40. The summed E-state index contributed by atoms with van der Waals surface area (Å²) in [6, 6.07) is 15.9. The molecule has 112 valence electrons. The molecule has 3 aromatic rings. The van der Waals surface area contributed by atoms with E-state index in [1.165, 1.54) is 6.20 Å². The highest BCUT2D eigenvalue weighted by Crippen LogP contribution is 2.32. The number of aromatic hydroxyl groups is 1. The molecular formula is C17H17N3OS. The van der Waals surface area contributed by atoms with Crippen molar-refractivity contribution >= 4 is 17.4 Å². The summed E-state index contributed by atoms with van der Waals surface area (Å²) in [5.74, 6) is 0.766. The Balaban J connectivity index is 2.08. The lowest BCUT2D eigenvalue weighted by Gasteiger charge is -2.14. The van der Waals surface area contributed by atoms with Crippen molar-refractivity contribution in [2.75, 3.05) is 11.7 Å². The van der Waals surface area contributed by atoms with E-state index in [4.69, 9.17) is 0 Å². The van der Waals surface area contributed by atoms with Crippen LogP contribution in [0.3, 0.4) is 0 Å². The summed E-state index contributed by atoms with van der Waals surface area (Å²) in [5.41, 5.74) is 6.22. The van der Waals surface area contributed by atoms with E-state index >= 15 is 0 Å². The third-order valence-corrected chi connectivity index (χ3v) is 4.15. The fraction of sp³-hybridized carbons (Fsp3) is 0.118. The zero-order valence-corrected chi connectivity index (χ0v) is 13.3. The van der Waals surface area contributed by atoms with Gasteiger partial charge in [0.25, 0.3) is 0 Å². The number of para-hydroxylation sites is 1. The molecule has 1 heterocycles. The number of aromatic nitrogens is 2. The highest BCUT2D eigenvalue weighted by molar-refractivity contribution is 7.98. The molecule has 5 heteroatoms. The van der Waals surface area contributed by atoms with E-state index in [1.54, 1.807) is 16.4 Å². The monoisotopic (exact) mass is 311 g/mol. The van der Waals surface area contributed by atoms with Gasteiger partial charge in [0.05, 0.1) is 11.9 Å². The maximum atomic E-state index is 10.1. The molecule has 0 saturated carbocycles. The smallest absolute Gasteiger partial charge is 0.231 e. The quantitative estimate of drug-likeness (QED) is 0.710. The minimum absolute atomic E-state index is 0.0763. The Bertz CT molecular complexity index is 784. The van der Waals surface area contributed by atoms with Crippen LogP contribution in [0.1, 0.15) is 5.56 Å². The van der Waals surface area contributed by atoms with E-state index in [9.17, 15) is 5.11 Å². The zero-order chi connectivity index (χ0) is 15.5. The second-order valence-electron chi connectivity index (χ2n) is 4.96. The van der Waals surface area contributed by atoms with Gasteiger partial charge in [0.1, 0.15) is 0 Å². The summed E-state index contributed by atoms with van der Waals surface area (Å²) >= 11 is 1.66. The molecule has 0 bridgehead atoms. The average molecular weight is 311 g/mol. The van der Waals surface area contributed by atoms with Gasteiger partial charge < -0.3 is 5.11 Å². The van der Waals surface area contributed by atoms with Gasteiger partial charge in [-0.1, -0.05) is 29.8 Å². The largest absolute Gasteiger partial charge is 0.492 e. The fourth-order valence-corrected chi connectivity index (χ4v) is 2.86. The van der Waals surface area contributed by atoms with Crippen LogP contribution in [-0.2, 0) is 0 Å².